The molecule has 0 radical (unpaired) electrons. The summed E-state index contributed by atoms with van der Waals surface area (Å²) in [4.78, 5) is 0. The molecule has 0 aromatic carbocycles. The molecule has 0 aromatic heterocycles. The maximum Gasteiger partial charge on any atom is -0.0211 e. The molecule has 0 saturated carbocycles. The quantitative estimate of drug-likeness (QED) is 0.534. The lowest BCUT2D eigenvalue weighted by Gasteiger charge is -2.20. The lowest BCUT2D eigenvalue weighted by Crippen LogP contribution is -2.08. The molecular formula is C15H28. The van der Waals surface area contributed by atoms with Gasteiger partial charge in [-0.1, -0.05) is 65.8 Å². The Morgan fingerprint density at radius 3 is 1.93 bits per heavy atom. The maximum atomic E-state index is 4.21. The van der Waals surface area contributed by atoms with E-state index in [2.05, 4.69) is 60.3 Å². The summed E-state index contributed by atoms with van der Waals surface area (Å²) >= 11 is 0. The Bertz CT molecular complexity index is 208. The van der Waals surface area contributed by atoms with Gasteiger partial charge in [0, 0.05) is 0 Å². The Morgan fingerprint density at radius 1 is 1.00 bits per heavy atom. The summed E-state index contributed by atoms with van der Waals surface area (Å²) in [5.74, 6) is 2.63. The first-order valence-corrected chi connectivity index (χ1v) is 6.20. The summed E-state index contributed by atoms with van der Waals surface area (Å²) in [6, 6.07) is 0. The van der Waals surface area contributed by atoms with Crippen LogP contribution in [0.5, 0.6) is 0 Å². The summed E-state index contributed by atoms with van der Waals surface area (Å²) in [5, 5.41) is 0. The summed E-state index contributed by atoms with van der Waals surface area (Å²) in [7, 11) is 0. The number of allylic oxidation sites excluding steroid dienone is 3. The van der Waals surface area contributed by atoms with E-state index in [9.17, 15) is 0 Å². The molecule has 0 spiro atoms. The highest BCUT2D eigenvalue weighted by Crippen LogP contribution is 2.24. The Hall–Kier alpha value is -0.520. The van der Waals surface area contributed by atoms with Gasteiger partial charge in [0.1, 0.15) is 0 Å². The van der Waals surface area contributed by atoms with E-state index in [0.29, 0.717) is 23.7 Å². The predicted molar refractivity (Wildman–Crippen MR) is 70.9 cm³/mol. The van der Waals surface area contributed by atoms with Gasteiger partial charge in [-0.2, -0.15) is 0 Å². The summed E-state index contributed by atoms with van der Waals surface area (Å²) < 4.78 is 0. The van der Waals surface area contributed by atoms with Gasteiger partial charge in [0.15, 0.2) is 0 Å². The first kappa shape index (κ1) is 14.5. The van der Waals surface area contributed by atoms with Gasteiger partial charge >= 0.3 is 0 Å². The van der Waals surface area contributed by atoms with E-state index in [-0.39, 0.29) is 0 Å². The smallest absolute Gasteiger partial charge is 0.0211 e. The molecule has 88 valence electrons. The molecule has 0 aliphatic carbocycles. The lowest BCUT2D eigenvalue weighted by atomic mass is 9.86. The van der Waals surface area contributed by atoms with Crippen LogP contribution in [0.4, 0.5) is 0 Å². The van der Waals surface area contributed by atoms with E-state index in [1.165, 1.54) is 5.57 Å². The average Bonchev–Trinajstić information content (AvgIpc) is 2.13. The normalized spacial score (nSPS) is 16.3. The van der Waals surface area contributed by atoms with Crippen molar-refractivity contribution in [2.75, 3.05) is 0 Å². The Morgan fingerprint density at radius 2 is 1.53 bits per heavy atom. The van der Waals surface area contributed by atoms with E-state index in [1.54, 1.807) is 0 Å². The zero-order valence-corrected chi connectivity index (χ0v) is 11.4. The topological polar surface area (TPSA) is 0 Å². The molecule has 0 aliphatic rings. The van der Waals surface area contributed by atoms with Gasteiger partial charge in [-0.3, -0.25) is 0 Å². The van der Waals surface area contributed by atoms with Crippen molar-refractivity contribution in [3.8, 4) is 0 Å². The second kappa shape index (κ2) is 6.87. The van der Waals surface area contributed by atoms with Crippen LogP contribution >= 0.6 is 0 Å². The van der Waals surface area contributed by atoms with Crippen LogP contribution in [0, 0.1) is 23.7 Å². The van der Waals surface area contributed by atoms with Gasteiger partial charge in [0.05, 0.1) is 0 Å². The number of rotatable bonds is 6. The third kappa shape index (κ3) is 6.54. The molecule has 0 aliphatic heterocycles. The van der Waals surface area contributed by atoms with Crippen LogP contribution in [0.1, 0.15) is 48.0 Å². The molecule has 0 fully saturated rings. The molecule has 0 heterocycles. The maximum absolute atomic E-state index is 4.21. The molecular weight excluding hydrogens is 180 g/mol. The zero-order chi connectivity index (χ0) is 12.0. The lowest BCUT2D eigenvalue weighted by molar-refractivity contribution is 0.456. The van der Waals surface area contributed by atoms with Crippen LogP contribution in [0.2, 0.25) is 0 Å². The van der Waals surface area contributed by atoms with Crippen molar-refractivity contribution in [1.29, 1.82) is 0 Å². The zero-order valence-electron chi connectivity index (χ0n) is 11.4. The van der Waals surface area contributed by atoms with Crippen LogP contribution in [0.25, 0.3) is 0 Å². The minimum absolute atomic E-state index is 0.626. The monoisotopic (exact) mass is 208 g/mol. The van der Waals surface area contributed by atoms with Crippen molar-refractivity contribution in [3.63, 3.8) is 0 Å². The van der Waals surface area contributed by atoms with Crippen molar-refractivity contribution in [1.82, 2.24) is 0 Å². The first-order valence-electron chi connectivity index (χ1n) is 6.20. The summed E-state index contributed by atoms with van der Waals surface area (Å²) in [6.45, 7) is 17.7. The highest BCUT2D eigenvalue weighted by atomic mass is 14.2. The fourth-order valence-corrected chi connectivity index (χ4v) is 1.55. The largest absolute Gasteiger partial charge is 0.0996 e. The molecule has 0 saturated heterocycles. The van der Waals surface area contributed by atoms with E-state index >= 15 is 0 Å². The standard InChI is InChI=1S/C15H28/c1-11(2)8-9-13(5)10-14(6)15(7)12(3)4/h8-9,11-13,15H,6,10H2,1-5,7H3/b9-8+. The highest BCUT2D eigenvalue weighted by molar-refractivity contribution is 5.04. The molecule has 2 unspecified atom stereocenters. The molecule has 0 amide bonds. The average molecular weight is 208 g/mol. The first-order chi connectivity index (χ1) is 6.84. The molecule has 15 heavy (non-hydrogen) atoms. The van der Waals surface area contributed by atoms with E-state index in [1.807, 2.05) is 0 Å². The van der Waals surface area contributed by atoms with Gasteiger partial charge in [-0.15, -0.1) is 0 Å². The summed E-state index contributed by atoms with van der Waals surface area (Å²) in [6.07, 6.45) is 5.74. The van der Waals surface area contributed by atoms with Gasteiger partial charge in [-0.25, -0.2) is 0 Å². The fourth-order valence-electron chi connectivity index (χ4n) is 1.55. The van der Waals surface area contributed by atoms with E-state index in [0.717, 1.165) is 6.42 Å². The molecule has 0 aromatic rings. The van der Waals surface area contributed by atoms with Crippen molar-refractivity contribution in [2.24, 2.45) is 23.7 Å². The Labute approximate surface area is 96.5 Å². The minimum atomic E-state index is 0.626. The van der Waals surface area contributed by atoms with Gasteiger partial charge in [-0.05, 0) is 30.1 Å². The van der Waals surface area contributed by atoms with Crippen molar-refractivity contribution in [2.45, 2.75) is 48.0 Å². The van der Waals surface area contributed by atoms with Crippen LogP contribution in [-0.4, -0.2) is 0 Å². The van der Waals surface area contributed by atoms with E-state index < -0.39 is 0 Å². The van der Waals surface area contributed by atoms with Gasteiger partial charge in [0.2, 0.25) is 0 Å². The summed E-state index contributed by atoms with van der Waals surface area (Å²) in [5.41, 5.74) is 1.39. The van der Waals surface area contributed by atoms with Crippen LogP contribution in [-0.2, 0) is 0 Å². The van der Waals surface area contributed by atoms with Crippen LogP contribution in [0.3, 0.4) is 0 Å². The fraction of sp³-hybridized carbons (Fsp3) is 0.733. The second-order valence-corrected chi connectivity index (χ2v) is 5.50. The predicted octanol–water partition coefficient (Wildman–Crippen LogP) is 5.07. The van der Waals surface area contributed by atoms with Crippen molar-refractivity contribution >= 4 is 0 Å². The van der Waals surface area contributed by atoms with Gasteiger partial charge < -0.3 is 0 Å². The highest BCUT2D eigenvalue weighted by Gasteiger charge is 2.12. The Balaban J connectivity index is 4.07. The van der Waals surface area contributed by atoms with Crippen LogP contribution in [0.15, 0.2) is 24.3 Å². The molecule has 0 N–H and O–H groups in total. The minimum Gasteiger partial charge on any atom is -0.0996 e. The molecule has 0 nitrogen and oxygen atoms in total. The third-order valence-corrected chi connectivity index (χ3v) is 3.05. The Kier molecular flexibility index (Phi) is 6.63. The third-order valence-electron chi connectivity index (χ3n) is 3.05. The SMILES string of the molecule is C=C(CC(C)/C=C/C(C)C)C(C)C(C)C. The molecule has 0 bridgehead atoms. The van der Waals surface area contributed by atoms with Crippen molar-refractivity contribution in [3.05, 3.63) is 24.3 Å². The van der Waals surface area contributed by atoms with Gasteiger partial charge in [0.25, 0.3) is 0 Å². The number of hydrogen-bond donors (Lipinski definition) is 0. The number of hydrogen-bond acceptors (Lipinski definition) is 0. The molecule has 2 atom stereocenters. The molecule has 0 rings (SSSR count). The van der Waals surface area contributed by atoms with Crippen molar-refractivity contribution < 1.29 is 0 Å². The second-order valence-electron chi connectivity index (χ2n) is 5.50. The van der Waals surface area contributed by atoms with E-state index in [4.69, 9.17) is 0 Å². The van der Waals surface area contributed by atoms with Crippen LogP contribution < -0.4 is 0 Å². The molecule has 0 heteroatoms.